The Morgan fingerprint density at radius 2 is 2.17 bits per heavy atom. The number of aryl methyl sites for hydroxylation is 1. The van der Waals surface area contributed by atoms with Gasteiger partial charge in [0.05, 0.1) is 5.69 Å². The summed E-state index contributed by atoms with van der Waals surface area (Å²) in [5.41, 5.74) is 7.19. The molecule has 0 aliphatic carbocycles. The van der Waals surface area contributed by atoms with Gasteiger partial charge in [0.2, 0.25) is 0 Å². The number of anilines is 1. The van der Waals surface area contributed by atoms with Crippen LogP contribution in [0.4, 0.5) is 5.69 Å². The predicted molar refractivity (Wildman–Crippen MR) is 81.1 cm³/mol. The van der Waals surface area contributed by atoms with Crippen molar-refractivity contribution in [3.8, 4) is 0 Å². The molecule has 0 amide bonds. The molecular weight excluding hydrogens is 262 g/mol. The van der Waals surface area contributed by atoms with Gasteiger partial charge in [-0.1, -0.05) is 19.1 Å². The molecule has 0 radical (unpaired) electrons. The molecular formula is C13H15N3S2. The first-order valence-corrected chi connectivity index (χ1v) is 6.99. The van der Waals surface area contributed by atoms with Crippen LogP contribution in [0.5, 0.6) is 0 Å². The van der Waals surface area contributed by atoms with Crippen molar-refractivity contribution in [2.75, 3.05) is 5.32 Å². The Balaban J connectivity index is 2.01. The van der Waals surface area contributed by atoms with Gasteiger partial charge in [0, 0.05) is 28.2 Å². The van der Waals surface area contributed by atoms with Crippen molar-refractivity contribution in [2.45, 2.75) is 19.9 Å². The lowest BCUT2D eigenvalue weighted by atomic mass is 10.3. The second kappa shape index (κ2) is 5.93. The van der Waals surface area contributed by atoms with Gasteiger partial charge in [-0.15, -0.1) is 11.3 Å². The number of nitrogens with two attached hydrogens (primary N) is 1. The number of rotatable bonds is 5. The summed E-state index contributed by atoms with van der Waals surface area (Å²) in [6, 6.07) is 8.12. The van der Waals surface area contributed by atoms with E-state index in [-0.39, 0.29) is 0 Å². The lowest BCUT2D eigenvalue weighted by molar-refractivity contribution is 1.18. The van der Waals surface area contributed by atoms with Gasteiger partial charge in [0.1, 0.15) is 4.99 Å². The van der Waals surface area contributed by atoms with Gasteiger partial charge in [0.25, 0.3) is 0 Å². The molecule has 3 N–H and O–H groups in total. The van der Waals surface area contributed by atoms with Crippen molar-refractivity contribution in [3.05, 3.63) is 45.9 Å². The van der Waals surface area contributed by atoms with Crippen LogP contribution in [0.1, 0.15) is 22.4 Å². The molecule has 2 aromatic heterocycles. The topological polar surface area (TPSA) is 50.9 Å². The monoisotopic (exact) mass is 277 g/mol. The van der Waals surface area contributed by atoms with E-state index in [1.807, 2.05) is 23.5 Å². The van der Waals surface area contributed by atoms with Crippen LogP contribution < -0.4 is 11.1 Å². The van der Waals surface area contributed by atoms with Crippen LogP contribution in [0.25, 0.3) is 0 Å². The Morgan fingerprint density at radius 3 is 2.83 bits per heavy atom. The fraction of sp³-hybridized carbons (Fsp3) is 0.231. The average Bonchev–Trinajstić information content (AvgIpc) is 2.84. The number of thiophene rings is 1. The zero-order valence-electron chi connectivity index (χ0n) is 10.1. The summed E-state index contributed by atoms with van der Waals surface area (Å²) < 4.78 is 0. The molecule has 5 heteroatoms. The van der Waals surface area contributed by atoms with Gasteiger partial charge in [-0.05, 0) is 30.7 Å². The molecule has 18 heavy (non-hydrogen) atoms. The summed E-state index contributed by atoms with van der Waals surface area (Å²) in [7, 11) is 0. The van der Waals surface area contributed by atoms with Crippen molar-refractivity contribution in [3.63, 3.8) is 0 Å². The van der Waals surface area contributed by atoms with Gasteiger partial charge in [-0.25, -0.2) is 0 Å². The second-order valence-electron chi connectivity index (χ2n) is 3.87. The van der Waals surface area contributed by atoms with Crippen LogP contribution in [0.3, 0.4) is 0 Å². The fourth-order valence-corrected chi connectivity index (χ4v) is 2.58. The number of thiocarbonyl (C=S) groups is 1. The highest BCUT2D eigenvalue weighted by molar-refractivity contribution is 7.80. The molecule has 0 bridgehead atoms. The Hall–Kier alpha value is -1.46. The van der Waals surface area contributed by atoms with E-state index in [1.54, 1.807) is 6.20 Å². The first kappa shape index (κ1) is 13.0. The standard InChI is InChI=1S/C13H15N3S2/c1-2-10-3-4-11(18-10)8-16-9-5-6-15-12(7-9)13(14)17/h3-7H,2,8H2,1H3,(H2,14,17)(H,15,16). The van der Waals surface area contributed by atoms with Crippen LogP contribution >= 0.6 is 23.6 Å². The molecule has 2 heterocycles. The molecule has 0 fully saturated rings. The van der Waals surface area contributed by atoms with Crippen molar-refractivity contribution in [2.24, 2.45) is 5.73 Å². The Morgan fingerprint density at radius 1 is 1.39 bits per heavy atom. The first-order chi connectivity index (χ1) is 8.69. The van der Waals surface area contributed by atoms with E-state index in [0.717, 1.165) is 18.7 Å². The van der Waals surface area contributed by atoms with E-state index in [1.165, 1.54) is 9.75 Å². The predicted octanol–water partition coefficient (Wildman–Crippen LogP) is 2.95. The van der Waals surface area contributed by atoms with Crippen LogP contribution in [0.15, 0.2) is 30.5 Å². The minimum Gasteiger partial charge on any atom is -0.388 e. The van der Waals surface area contributed by atoms with Crippen LogP contribution in [-0.4, -0.2) is 9.97 Å². The van der Waals surface area contributed by atoms with Gasteiger partial charge in [-0.2, -0.15) is 0 Å². The number of hydrogen-bond donors (Lipinski definition) is 2. The molecule has 0 saturated heterocycles. The third-order valence-corrected chi connectivity index (χ3v) is 3.98. The molecule has 0 aromatic carbocycles. The number of hydrogen-bond acceptors (Lipinski definition) is 4. The van der Waals surface area contributed by atoms with Gasteiger partial charge in [-0.3, -0.25) is 4.98 Å². The zero-order valence-corrected chi connectivity index (χ0v) is 11.8. The summed E-state index contributed by atoms with van der Waals surface area (Å²) >= 11 is 6.74. The number of nitrogens with zero attached hydrogens (tertiary/aromatic N) is 1. The molecule has 0 atom stereocenters. The molecule has 0 saturated carbocycles. The molecule has 2 rings (SSSR count). The van der Waals surface area contributed by atoms with E-state index < -0.39 is 0 Å². The van der Waals surface area contributed by atoms with Gasteiger partial charge >= 0.3 is 0 Å². The molecule has 2 aromatic rings. The normalized spacial score (nSPS) is 10.3. The summed E-state index contributed by atoms with van der Waals surface area (Å²) in [5.74, 6) is 0. The van der Waals surface area contributed by atoms with Gasteiger partial charge < -0.3 is 11.1 Å². The molecule has 0 aliphatic heterocycles. The fourth-order valence-electron chi connectivity index (χ4n) is 1.57. The summed E-state index contributed by atoms with van der Waals surface area (Å²) in [4.78, 5) is 7.16. The summed E-state index contributed by atoms with van der Waals surface area (Å²) in [6.45, 7) is 2.98. The van der Waals surface area contributed by atoms with E-state index in [2.05, 4.69) is 29.4 Å². The SMILES string of the molecule is CCc1ccc(CNc2ccnc(C(N)=S)c2)s1. The molecule has 3 nitrogen and oxygen atoms in total. The lowest BCUT2D eigenvalue weighted by Crippen LogP contribution is -2.11. The average molecular weight is 277 g/mol. The first-order valence-electron chi connectivity index (χ1n) is 5.76. The minimum absolute atomic E-state index is 0.322. The summed E-state index contributed by atoms with van der Waals surface area (Å²) in [5, 5.41) is 3.35. The highest BCUT2D eigenvalue weighted by atomic mass is 32.1. The molecule has 0 spiro atoms. The summed E-state index contributed by atoms with van der Waals surface area (Å²) in [6.07, 6.45) is 2.80. The Kier molecular flexibility index (Phi) is 4.28. The van der Waals surface area contributed by atoms with E-state index in [9.17, 15) is 0 Å². The quantitative estimate of drug-likeness (QED) is 0.825. The maximum atomic E-state index is 5.55. The van der Waals surface area contributed by atoms with Crippen molar-refractivity contribution in [1.82, 2.24) is 4.98 Å². The van der Waals surface area contributed by atoms with Crippen molar-refractivity contribution < 1.29 is 0 Å². The van der Waals surface area contributed by atoms with E-state index in [4.69, 9.17) is 18.0 Å². The zero-order chi connectivity index (χ0) is 13.0. The van der Waals surface area contributed by atoms with E-state index >= 15 is 0 Å². The smallest absolute Gasteiger partial charge is 0.122 e. The Labute approximate surface area is 116 Å². The maximum Gasteiger partial charge on any atom is 0.122 e. The third-order valence-electron chi connectivity index (χ3n) is 2.54. The van der Waals surface area contributed by atoms with Crippen LogP contribution in [0.2, 0.25) is 0 Å². The number of nitrogens with one attached hydrogen (secondary N) is 1. The van der Waals surface area contributed by atoms with Gasteiger partial charge in [0.15, 0.2) is 0 Å². The number of pyridine rings is 1. The van der Waals surface area contributed by atoms with Crippen LogP contribution in [-0.2, 0) is 13.0 Å². The molecule has 0 aliphatic rings. The van der Waals surface area contributed by atoms with Crippen molar-refractivity contribution in [1.29, 1.82) is 0 Å². The third kappa shape index (κ3) is 3.27. The lowest BCUT2D eigenvalue weighted by Gasteiger charge is -2.06. The highest BCUT2D eigenvalue weighted by Gasteiger charge is 2.01. The Bertz CT molecular complexity index is 549. The second-order valence-corrected chi connectivity index (χ2v) is 5.56. The minimum atomic E-state index is 0.322. The highest BCUT2D eigenvalue weighted by Crippen LogP contribution is 2.18. The van der Waals surface area contributed by atoms with Crippen LogP contribution in [0, 0.1) is 0 Å². The molecule has 94 valence electrons. The molecule has 0 unspecified atom stereocenters. The maximum absolute atomic E-state index is 5.55. The van der Waals surface area contributed by atoms with Crippen molar-refractivity contribution >= 4 is 34.2 Å². The van der Waals surface area contributed by atoms with E-state index in [0.29, 0.717) is 10.7 Å². The number of aromatic nitrogens is 1. The largest absolute Gasteiger partial charge is 0.388 e.